The molecule has 2 N–H and O–H groups in total. The van der Waals surface area contributed by atoms with Gasteiger partial charge in [0.15, 0.2) is 5.82 Å². The van der Waals surface area contributed by atoms with Gasteiger partial charge in [0.05, 0.1) is 23.1 Å². The monoisotopic (exact) mass is 643 g/mol. The van der Waals surface area contributed by atoms with Crippen molar-refractivity contribution in [2.75, 3.05) is 31.1 Å². The van der Waals surface area contributed by atoms with Crippen molar-refractivity contribution < 1.29 is 28.1 Å². The van der Waals surface area contributed by atoms with Gasteiger partial charge in [-0.2, -0.15) is 9.97 Å². The highest BCUT2D eigenvalue weighted by molar-refractivity contribution is 6.03. The van der Waals surface area contributed by atoms with Crippen molar-refractivity contribution in [2.45, 2.75) is 76.2 Å². The zero-order valence-electron chi connectivity index (χ0n) is 26.4. The average Bonchev–Trinajstić information content (AvgIpc) is 3.80. The third kappa shape index (κ3) is 4.79. The van der Waals surface area contributed by atoms with Gasteiger partial charge < -0.3 is 19.8 Å². The molecule has 3 saturated heterocycles. The molecular formula is C36H36F3N5O3. The number of hydrogen-bond acceptors (Lipinski definition) is 8. The van der Waals surface area contributed by atoms with E-state index in [1.165, 1.54) is 18.2 Å². The molecule has 2 bridgehead atoms. The standard InChI is InChI=1S/C36H36F3N5O3/c1-3-6-26-30-33(31(39)32(40-26)24-14-22(45)13-20-7-8-25(38)23(4-2)29(20)24)41-35(42-34(30)44-16-19-11-27(44)28(46)12-19)47-18-36-9-5-10-43(36)17-21(37)15-36/h7-8,13-14,19,21,27-28,45-46H,4-5,9-12,15-18H2,1-2H3/t19?,21-,27?,28?,36+/m1/s1. The maximum Gasteiger partial charge on any atom is 0.319 e. The van der Waals surface area contributed by atoms with Crippen LogP contribution in [0.1, 0.15) is 57.2 Å². The molecule has 2 aromatic carbocycles. The highest BCUT2D eigenvalue weighted by Crippen LogP contribution is 2.45. The van der Waals surface area contributed by atoms with Gasteiger partial charge in [0.2, 0.25) is 0 Å². The van der Waals surface area contributed by atoms with Crippen LogP contribution in [0.3, 0.4) is 0 Å². The molecule has 5 atom stereocenters. The summed E-state index contributed by atoms with van der Waals surface area (Å²) in [6.45, 7) is 5.40. The minimum absolute atomic E-state index is 0.0548. The number of hydrogen-bond donors (Lipinski definition) is 2. The molecule has 8 rings (SSSR count). The second-order valence-electron chi connectivity index (χ2n) is 13.5. The number of phenols is 1. The molecule has 1 aliphatic carbocycles. The Hall–Kier alpha value is -4.14. The van der Waals surface area contributed by atoms with Crippen LogP contribution in [0.15, 0.2) is 24.3 Å². The van der Waals surface area contributed by atoms with E-state index in [2.05, 4.69) is 21.7 Å². The molecule has 5 heterocycles. The maximum atomic E-state index is 17.1. The lowest BCUT2D eigenvalue weighted by molar-refractivity contribution is 0.107. The molecule has 1 saturated carbocycles. The predicted molar refractivity (Wildman–Crippen MR) is 172 cm³/mol. The van der Waals surface area contributed by atoms with Crippen molar-refractivity contribution in [3.63, 3.8) is 0 Å². The Kier molecular flexibility index (Phi) is 7.22. The first kappa shape index (κ1) is 30.2. The predicted octanol–water partition coefficient (Wildman–Crippen LogP) is 5.68. The molecule has 4 fully saturated rings. The number of aryl methyl sites for hydroxylation is 1. The molecule has 4 aromatic rings. The van der Waals surface area contributed by atoms with Crippen LogP contribution in [0.4, 0.5) is 19.0 Å². The number of phenolic OH excluding ortho intramolecular Hbond substituents is 1. The van der Waals surface area contributed by atoms with Crippen LogP contribution in [-0.2, 0) is 6.42 Å². The fourth-order valence-corrected chi connectivity index (χ4v) is 8.71. The molecule has 0 radical (unpaired) electrons. The molecule has 8 nitrogen and oxygen atoms in total. The lowest BCUT2D eigenvalue weighted by Gasteiger charge is -2.33. The lowest BCUT2D eigenvalue weighted by Crippen LogP contribution is -2.44. The number of fused-ring (bicyclic) bond motifs is 5. The van der Waals surface area contributed by atoms with E-state index in [1.54, 1.807) is 13.0 Å². The highest BCUT2D eigenvalue weighted by Gasteiger charge is 2.50. The van der Waals surface area contributed by atoms with Crippen LogP contribution < -0.4 is 9.64 Å². The van der Waals surface area contributed by atoms with Gasteiger partial charge in [-0.3, -0.25) is 4.90 Å². The first-order chi connectivity index (χ1) is 22.7. The summed E-state index contributed by atoms with van der Waals surface area (Å²) in [4.78, 5) is 18.3. The van der Waals surface area contributed by atoms with E-state index in [4.69, 9.17) is 14.7 Å². The number of aliphatic hydroxyl groups excluding tert-OH is 1. The number of pyridine rings is 1. The fourth-order valence-electron chi connectivity index (χ4n) is 8.71. The quantitative estimate of drug-likeness (QED) is 0.260. The second-order valence-corrected chi connectivity index (χ2v) is 13.5. The van der Waals surface area contributed by atoms with Crippen molar-refractivity contribution in [1.29, 1.82) is 0 Å². The number of benzene rings is 2. The van der Waals surface area contributed by atoms with Gasteiger partial charge in [-0.1, -0.05) is 18.9 Å². The number of halogens is 3. The van der Waals surface area contributed by atoms with Gasteiger partial charge in [-0.25, -0.2) is 18.2 Å². The Morgan fingerprint density at radius 3 is 2.72 bits per heavy atom. The Labute approximate surface area is 270 Å². The number of ether oxygens (including phenoxy) is 1. The summed E-state index contributed by atoms with van der Waals surface area (Å²) in [6.07, 6.45) is 2.39. The van der Waals surface area contributed by atoms with Crippen LogP contribution >= 0.6 is 0 Å². The number of aliphatic hydroxyl groups is 1. The van der Waals surface area contributed by atoms with E-state index in [0.29, 0.717) is 59.9 Å². The number of anilines is 1. The lowest BCUT2D eigenvalue weighted by atomic mass is 9.94. The average molecular weight is 644 g/mol. The molecule has 3 aliphatic heterocycles. The summed E-state index contributed by atoms with van der Waals surface area (Å²) in [5, 5.41) is 22.8. The van der Waals surface area contributed by atoms with Crippen molar-refractivity contribution in [2.24, 2.45) is 5.92 Å². The molecule has 47 heavy (non-hydrogen) atoms. The number of nitrogens with zero attached hydrogens (tertiary/aromatic N) is 5. The molecule has 0 amide bonds. The molecule has 0 spiro atoms. The topological polar surface area (TPSA) is 94.8 Å². The van der Waals surface area contributed by atoms with E-state index >= 15 is 8.78 Å². The SMILES string of the molecule is CC#Cc1nc(-c2cc(O)cc3ccc(F)c(CC)c23)c(F)c2nc(OC[C@@]34CCCN3C[C@H](F)C4)nc(N3CC4CC(O)C3C4)c12. The molecule has 4 aliphatic rings. The van der Waals surface area contributed by atoms with E-state index in [9.17, 15) is 14.6 Å². The van der Waals surface area contributed by atoms with Crippen molar-refractivity contribution >= 4 is 27.5 Å². The molecule has 2 aromatic heterocycles. The third-order valence-corrected chi connectivity index (χ3v) is 10.7. The van der Waals surface area contributed by atoms with Crippen molar-refractivity contribution in [1.82, 2.24) is 19.9 Å². The first-order valence-corrected chi connectivity index (χ1v) is 16.4. The van der Waals surface area contributed by atoms with Crippen molar-refractivity contribution in [3.05, 3.63) is 47.2 Å². The number of aromatic nitrogens is 3. The Morgan fingerprint density at radius 2 is 1.96 bits per heavy atom. The summed E-state index contributed by atoms with van der Waals surface area (Å²) >= 11 is 0. The normalized spacial score (nSPS) is 26.7. The van der Waals surface area contributed by atoms with Crippen LogP contribution in [0.5, 0.6) is 11.8 Å². The third-order valence-electron chi connectivity index (χ3n) is 10.7. The van der Waals surface area contributed by atoms with Crippen LogP contribution in [-0.4, -0.2) is 80.2 Å². The summed E-state index contributed by atoms with van der Waals surface area (Å²) < 4.78 is 53.0. The van der Waals surface area contributed by atoms with E-state index in [1.807, 2.05) is 11.8 Å². The number of rotatable bonds is 6. The van der Waals surface area contributed by atoms with Gasteiger partial charge in [0.1, 0.15) is 47.1 Å². The minimum atomic E-state index is -0.940. The van der Waals surface area contributed by atoms with Crippen molar-refractivity contribution in [3.8, 4) is 34.9 Å². The first-order valence-electron chi connectivity index (χ1n) is 16.4. The van der Waals surface area contributed by atoms with Gasteiger partial charge in [0.25, 0.3) is 0 Å². The molecule has 3 unspecified atom stereocenters. The van der Waals surface area contributed by atoms with Gasteiger partial charge in [0, 0.05) is 25.1 Å². The largest absolute Gasteiger partial charge is 0.508 e. The fraction of sp³-hybridized carbons (Fsp3) is 0.472. The van der Waals surface area contributed by atoms with Crippen LogP contribution in [0.2, 0.25) is 0 Å². The van der Waals surface area contributed by atoms with Gasteiger partial charge in [-0.05, 0) is 91.9 Å². The van der Waals surface area contributed by atoms with Crippen LogP contribution in [0.25, 0.3) is 32.9 Å². The minimum Gasteiger partial charge on any atom is -0.508 e. The van der Waals surface area contributed by atoms with Gasteiger partial charge in [-0.15, -0.1) is 0 Å². The van der Waals surface area contributed by atoms with E-state index in [0.717, 1.165) is 25.8 Å². The Balaban J connectivity index is 1.35. The Morgan fingerprint density at radius 1 is 1.11 bits per heavy atom. The van der Waals surface area contributed by atoms with E-state index in [-0.39, 0.29) is 52.8 Å². The number of piperidine rings is 1. The van der Waals surface area contributed by atoms with Crippen LogP contribution in [0, 0.1) is 29.4 Å². The summed E-state index contributed by atoms with van der Waals surface area (Å²) in [7, 11) is 0. The molecule has 244 valence electrons. The Bertz CT molecular complexity index is 2000. The van der Waals surface area contributed by atoms with Gasteiger partial charge >= 0.3 is 6.01 Å². The molecular weight excluding hydrogens is 607 g/mol. The zero-order chi connectivity index (χ0) is 32.6. The van der Waals surface area contributed by atoms with E-state index < -0.39 is 29.4 Å². The molecule has 11 heteroatoms. The second kappa shape index (κ2) is 11.2. The number of alkyl halides is 1. The zero-order valence-corrected chi connectivity index (χ0v) is 26.4. The summed E-state index contributed by atoms with van der Waals surface area (Å²) in [5.41, 5.74) is 0.134. The number of aromatic hydroxyl groups is 1. The maximum absolute atomic E-state index is 17.1. The summed E-state index contributed by atoms with van der Waals surface area (Å²) in [6, 6.07) is 5.52. The highest BCUT2D eigenvalue weighted by atomic mass is 19.1. The smallest absolute Gasteiger partial charge is 0.319 e. The summed E-state index contributed by atoms with van der Waals surface area (Å²) in [5.74, 6) is 5.19.